The zero-order chi connectivity index (χ0) is 8.97. The molecular weight excluding hydrogens is 191 g/mol. The topological polar surface area (TPSA) is 0 Å². The van der Waals surface area contributed by atoms with Gasteiger partial charge in [-0.15, -0.1) is 11.6 Å². The molecule has 2 heteroatoms. The first-order valence-electron chi connectivity index (χ1n) is 3.71. The molecule has 0 amide bonds. The summed E-state index contributed by atoms with van der Waals surface area (Å²) in [5, 5.41) is 0.760. The Morgan fingerprint density at radius 1 is 1.33 bits per heavy atom. The van der Waals surface area contributed by atoms with Crippen LogP contribution in [0.5, 0.6) is 0 Å². The number of alkyl halides is 1. The van der Waals surface area contributed by atoms with E-state index in [1.807, 2.05) is 37.3 Å². The van der Waals surface area contributed by atoms with Crippen LogP contribution in [0.3, 0.4) is 0 Å². The SMILES string of the molecule is CC(=Cc1ccc(Cl)cc1)CCl. The summed E-state index contributed by atoms with van der Waals surface area (Å²) in [6.07, 6.45) is 2.04. The van der Waals surface area contributed by atoms with Gasteiger partial charge in [-0.3, -0.25) is 0 Å². The quantitative estimate of drug-likeness (QED) is 0.634. The van der Waals surface area contributed by atoms with Gasteiger partial charge in [-0.05, 0) is 24.6 Å². The highest BCUT2D eigenvalue weighted by Gasteiger charge is 1.89. The van der Waals surface area contributed by atoms with E-state index in [9.17, 15) is 0 Å². The lowest BCUT2D eigenvalue weighted by atomic mass is 10.1. The van der Waals surface area contributed by atoms with Gasteiger partial charge in [0.2, 0.25) is 0 Å². The van der Waals surface area contributed by atoms with Crippen LogP contribution in [0.1, 0.15) is 12.5 Å². The predicted molar refractivity (Wildman–Crippen MR) is 55.8 cm³/mol. The van der Waals surface area contributed by atoms with Crippen molar-refractivity contribution in [1.29, 1.82) is 0 Å². The third-order valence-electron chi connectivity index (χ3n) is 1.49. The molecule has 0 heterocycles. The first kappa shape index (κ1) is 9.63. The van der Waals surface area contributed by atoms with Crippen LogP contribution in [-0.4, -0.2) is 5.88 Å². The Balaban J connectivity index is 2.84. The minimum Gasteiger partial charge on any atom is -0.122 e. The van der Waals surface area contributed by atoms with E-state index < -0.39 is 0 Å². The second-order valence-corrected chi connectivity index (χ2v) is 3.38. The van der Waals surface area contributed by atoms with E-state index in [4.69, 9.17) is 23.2 Å². The Labute approximate surface area is 82.8 Å². The first-order valence-corrected chi connectivity index (χ1v) is 4.62. The molecule has 64 valence electrons. The lowest BCUT2D eigenvalue weighted by Gasteiger charge is -1.95. The molecule has 0 unspecified atom stereocenters. The molecule has 0 radical (unpaired) electrons. The fraction of sp³-hybridized carbons (Fsp3) is 0.200. The lowest BCUT2D eigenvalue weighted by Crippen LogP contribution is -1.77. The van der Waals surface area contributed by atoms with Crippen molar-refractivity contribution in [1.82, 2.24) is 0 Å². The summed E-state index contributed by atoms with van der Waals surface area (Å²) in [4.78, 5) is 0. The predicted octanol–water partition coefficient (Wildman–Crippen LogP) is 3.98. The highest BCUT2D eigenvalue weighted by atomic mass is 35.5. The van der Waals surface area contributed by atoms with Crippen LogP contribution in [0.4, 0.5) is 0 Å². The van der Waals surface area contributed by atoms with Crippen LogP contribution >= 0.6 is 23.2 Å². The van der Waals surface area contributed by atoms with Crippen LogP contribution < -0.4 is 0 Å². The smallest absolute Gasteiger partial charge is 0.0434 e. The fourth-order valence-electron chi connectivity index (χ4n) is 0.882. The van der Waals surface area contributed by atoms with Crippen LogP contribution in [0, 0.1) is 0 Å². The van der Waals surface area contributed by atoms with Crippen molar-refractivity contribution >= 4 is 29.3 Å². The molecule has 0 nitrogen and oxygen atoms in total. The number of benzene rings is 1. The zero-order valence-electron chi connectivity index (χ0n) is 6.85. The summed E-state index contributed by atoms with van der Waals surface area (Å²) in [5.74, 6) is 0.572. The molecule has 0 bridgehead atoms. The zero-order valence-corrected chi connectivity index (χ0v) is 8.36. The summed E-state index contributed by atoms with van der Waals surface area (Å²) < 4.78 is 0. The minimum atomic E-state index is 0.572. The molecule has 1 aromatic carbocycles. The highest BCUT2D eigenvalue weighted by molar-refractivity contribution is 6.30. The van der Waals surface area contributed by atoms with Crippen molar-refractivity contribution in [2.24, 2.45) is 0 Å². The van der Waals surface area contributed by atoms with Gasteiger partial charge in [-0.25, -0.2) is 0 Å². The minimum absolute atomic E-state index is 0.572. The van der Waals surface area contributed by atoms with Crippen LogP contribution in [-0.2, 0) is 0 Å². The molecule has 0 aromatic heterocycles. The average Bonchev–Trinajstić information content (AvgIpc) is 2.09. The maximum absolute atomic E-state index is 5.74. The van der Waals surface area contributed by atoms with Gasteiger partial charge in [0.1, 0.15) is 0 Å². The first-order chi connectivity index (χ1) is 5.72. The Morgan fingerprint density at radius 3 is 2.42 bits per heavy atom. The molecule has 0 saturated heterocycles. The van der Waals surface area contributed by atoms with E-state index in [1.165, 1.54) is 0 Å². The molecular formula is C10H10Cl2. The molecule has 0 aliphatic rings. The maximum atomic E-state index is 5.74. The molecule has 0 aliphatic heterocycles. The Hall–Kier alpha value is -0.460. The van der Waals surface area contributed by atoms with E-state index in [1.54, 1.807) is 0 Å². The van der Waals surface area contributed by atoms with Crippen molar-refractivity contribution in [3.8, 4) is 0 Å². The molecule has 12 heavy (non-hydrogen) atoms. The standard InChI is InChI=1S/C10H10Cl2/c1-8(7-11)6-9-2-4-10(12)5-3-9/h2-6H,7H2,1H3. The monoisotopic (exact) mass is 200 g/mol. The molecule has 0 atom stereocenters. The lowest BCUT2D eigenvalue weighted by molar-refractivity contribution is 1.43. The van der Waals surface area contributed by atoms with E-state index in [0.717, 1.165) is 16.2 Å². The molecule has 1 aromatic rings. The molecule has 0 saturated carbocycles. The average molecular weight is 201 g/mol. The molecule has 0 spiro atoms. The van der Waals surface area contributed by atoms with Crippen molar-refractivity contribution < 1.29 is 0 Å². The summed E-state index contributed by atoms with van der Waals surface area (Å²) in [6.45, 7) is 2.00. The summed E-state index contributed by atoms with van der Waals surface area (Å²) in [7, 11) is 0. The van der Waals surface area contributed by atoms with Gasteiger partial charge in [-0.2, -0.15) is 0 Å². The molecule has 0 fully saturated rings. The number of hydrogen-bond donors (Lipinski definition) is 0. The summed E-state index contributed by atoms with van der Waals surface area (Å²) >= 11 is 11.4. The summed E-state index contributed by atoms with van der Waals surface area (Å²) in [6, 6.07) is 7.68. The van der Waals surface area contributed by atoms with Crippen molar-refractivity contribution in [2.45, 2.75) is 6.92 Å². The highest BCUT2D eigenvalue weighted by Crippen LogP contribution is 2.12. The largest absolute Gasteiger partial charge is 0.122 e. The van der Waals surface area contributed by atoms with Crippen LogP contribution in [0.2, 0.25) is 5.02 Å². The third kappa shape index (κ3) is 2.88. The Kier molecular flexibility index (Phi) is 3.64. The van der Waals surface area contributed by atoms with Gasteiger partial charge in [0, 0.05) is 10.9 Å². The van der Waals surface area contributed by atoms with Crippen LogP contribution in [0.15, 0.2) is 29.8 Å². The summed E-state index contributed by atoms with van der Waals surface area (Å²) in [5.41, 5.74) is 2.29. The molecule has 0 N–H and O–H groups in total. The third-order valence-corrected chi connectivity index (χ3v) is 2.17. The van der Waals surface area contributed by atoms with Gasteiger partial charge in [0.15, 0.2) is 0 Å². The van der Waals surface area contributed by atoms with Gasteiger partial charge >= 0.3 is 0 Å². The number of halogens is 2. The van der Waals surface area contributed by atoms with E-state index >= 15 is 0 Å². The number of hydrogen-bond acceptors (Lipinski definition) is 0. The van der Waals surface area contributed by atoms with E-state index in [-0.39, 0.29) is 0 Å². The second kappa shape index (κ2) is 4.54. The Bertz CT molecular complexity index is 272. The van der Waals surface area contributed by atoms with Crippen molar-refractivity contribution in [2.75, 3.05) is 5.88 Å². The second-order valence-electron chi connectivity index (χ2n) is 2.68. The van der Waals surface area contributed by atoms with E-state index in [0.29, 0.717) is 5.88 Å². The maximum Gasteiger partial charge on any atom is 0.0434 e. The van der Waals surface area contributed by atoms with Crippen LogP contribution in [0.25, 0.3) is 6.08 Å². The van der Waals surface area contributed by atoms with Gasteiger partial charge in [0.25, 0.3) is 0 Å². The molecule has 1 rings (SSSR count). The Morgan fingerprint density at radius 2 is 1.92 bits per heavy atom. The normalized spacial score (nSPS) is 11.8. The van der Waals surface area contributed by atoms with Crippen molar-refractivity contribution in [3.05, 3.63) is 40.4 Å². The fourth-order valence-corrected chi connectivity index (χ4v) is 1.09. The van der Waals surface area contributed by atoms with Gasteiger partial charge < -0.3 is 0 Å². The molecule has 0 aliphatic carbocycles. The van der Waals surface area contributed by atoms with Gasteiger partial charge in [-0.1, -0.05) is 35.4 Å². The van der Waals surface area contributed by atoms with E-state index in [2.05, 4.69) is 0 Å². The van der Waals surface area contributed by atoms with Crippen molar-refractivity contribution in [3.63, 3.8) is 0 Å². The number of allylic oxidation sites excluding steroid dienone is 1. The van der Waals surface area contributed by atoms with Gasteiger partial charge in [0.05, 0.1) is 0 Å². The number of rotatable bonds is 2.